The van der Waals surface area contributed by atoms with Crippen LogP contribution in [0.15, 0.2) is 64.7 Å². The monoisotopic (exact) mass is 669 g/mol. The van der Waals surface area contributed by atoms with E-state index in [2.05, 4.69) is 26.6 Å². The Bertz CT molecular complexity index is 1400. The number of ether oxygens (including phenoxy) is 1. The number of amides is 3. The van der Waals surface area contributed by atoms with E-state index in [4.69, 9.17) is 4.74 Å². The number of allylic oxidation sites excluding steroid dienone is 2. The highest BCUT2D eigenvalue weighted by Gasteiger charge is 2.37. The van der Waals surface area contributed by atoms with Crippen LogP contribution >= 0.6 is 15.9 Å². The Balaban J connectivity index is 2.01. The molecule has 236 valence electrons. The van der Waals surface area contributed by atoms with Crippen molar-refractivity contribution in [3.05, 3.63) is 75.8 Å². The average molecular weight is 671 g/mol. The van der Waals surface area contributed by atoms with Crippen molar-refractivity contribution in [1.29, 1.82) is 0 Å². The number of hydrogen-bond donors (Lipinski definition) is 3. The van der Waals surface area contributed by atoms with Gasteiger partial charge in [-0.1, -0.05) is 48.0 Å². The highest BCUT2D eigenvalue weighted by molar-refractivity contribution is 9.10. The number of esters is 1. The number of carbonyl (C=O) groups excluding carboxylic acids is 5. The maximum absolute atomic E-state index is 13.9. The largest absolute Gasteiger partial charge is 0.507 e. The molecule has 0 saturated heterocycles. The average Bonchev–Trinajstić information content (AvgIpc) is 3.00. The molecular formula is C33H40BrN3O7. The predicted molar refractivity (Wildman–Crippen MR) is 169 cm³/mol. The van der Waals surface area contributed by atoms with Crippen molar-refractivity contribution in [1.82, 2.24) is 15.5 Å². The van der Waals surface area contributed by atoms with E-state index in [9.17, 15) is 29.1 Å². The number of carbonyl (C=O) groups is 5. The Morgan fingerprint density at radius 1 is 1.05 bits per heavy atom. The lowest BCUT2D eigenvalue weighted by Gasteiger charge is -2.31. The number of benzene rings is 2. The summed E-state index contributed by atoms with van der Waals surface area (Å²) in [5.41, 5.74) is 1.87. The molecule has 0 bridgehead atoms. The Hall–Kier alpha value is -3.99. The number of likely N-dealkylation sites (N-methyl/N-ethyl adjacent to an activating group) is 1. The Kier molecular flexibility index (Phi) is 12.7. The number of aromatic hydroxyl groups is 1. The lowest BCUT2D eigenvalue weighted by atomic mass is 10.0. The number of Topliss-reactive ketones (excluding diaryl/α,β-unsaturated/α-hetero) is 1. The van der Waals surface area contributed by atoms with Crippen LogP contribution in [0.4, 0.5) is 0 Å². The van der Waals surface area contributed by atoms with Crippen molar-refractivity contribution in [2.75, 3.05) is 7.05 Å². The van der Waals surface area contributed by atoms with E-state index < -0.39 is 47.8 Å². The van der Waals surface area contributed by atoms with Gasteiger partial charge >= 0.3 is 5.97 Å². The number of halogens is 1. The second-order valence-electron chi connectivity index (χ2n) is 11.1. The van der Waals surface area contributed by atoms with E-state index in [-0.39, 0.29) is 30.1 Å². The molecule has 2 aromatic rings. The van der Waals surface area contributed by atoms with Crippen LogP contribution in [0.5, 0.6) is 5.75 Å². The molecule has 0 radical (unpaired) electrons. The number of ketones is 1. The zero-order valence-electron chi connectivity index (χ0n) is 25.5. The molecule has 44 heavy (non-hydrogen) atoms. The van der Waals surface area contributed by atoms with Crippen LogP contribution in [-0.2, 0) is 30.3 Å². The third kappa shape index (κ3) is 9.77. The molecule has 1 aliphatic rings. The number of rotatable bonds is 4. The van der Waals surface area contributed by atoms with E-state index in [0.29, 0.717) is 35.7 Å². The zero-order valence-corrected chi connectivity index (χ0v) is 27.1. The van der Waals surface area contributed by atoms with Crippen LogP contribution in [0.25, 0.3) is 0 Å². The Labute approximate surface area is 266 Å². The van der Waals surface area contributed by atoms with E-state index in [1.54, 1.807) is 49.4 Å². The molecular weight excluding hydrogens is 630 g/mol. The first-order valence-corrected chi connectivity index (χ1v) is 15.5. The van der Waals surface area contributed by atoms with Crippen molar-refractivity contribution in [3.8, 4) is 5.75 Å². The summed E-state index contributed by atoms with van der Waals surface area (Å²) in [6, 6.07) is 8.96. The van der Waals surface area contributed by atoms with E-state index >= 15 is 0 Å². The molecule has 3 N–H and O–H groups in total. The summed E-state index contributed by atoms with van der Waals surface area (Å²) in [6.45, 7) is 5.22. The third-order valence-electron chi connectivity index (χ3n) is 7.51. The van der Waals surface area contributed by atoms with Gasteiger partial charge < -0.3 is 25.4 Å². The second-order valence-corrected chi connectivity index (χ2v) is 12.0. The molecule has 3 rings (SSSR count). The maximum Gasteiger partial charge on any atom is 0.337 e. The first kappa shape index (κ1) is 34.5. The van der Waals surface area contributed by atoms with E-state index in [1.807, 2.05) is 13.0 Å². The highest BCUT2D eigenvalue weighted by Crippen LogP contribution is 2.25. The molecule has 1 unspecified atom stereocenters. The van der Waals surface area contributed by atoms with Crippen LogP contribution in [0.2, 0.25) is 0 Å². The molecule has 0 fully saturated rings. The van der Waals surface area contributed by atoms with Crippen LogP contribution in [0.1, 0.15) is 68.8 Å². The fourth-order valence-corrected chi connectivity index (χ4v) is 5.28. The molecule has 2 aromatic carbocycles. The van der Waals surface area contributed by atoms with Gasteiger partial charge in [0.25, 0.3) is 0 Å². The van der Waals surface area contributed by atoms with Gasteiger partial charge in [0.2, 0.25) is 17.7 Å². The van der Waals surface area contributed by atoms with Gasteiger partial charge in [0, 0.05) is 25.5 Å². The number of cyclic esters (lactones) is 1. The topological polar surface area (TPSA) is 142 Å². The minimum Gasteiger partial charge on any atom is -0.507 e. The SMILES string of the molecule is C/C1=C\CCCC(=O)N[C@@H](C)C(=O)N(C)[C@H](Cc2ccc(O)c(Br)c2)C(=O)NC(C(=O)c2ccccc2)C(=O)O[C@H](C)CC1. The molecule has 0 aromatic heterocycles. The lowest BCUT2D eigenvalue weighted by molar-refractivity contribution is -0.151. The molecule has 10 nitrogen and oxygen atoms in total. The standard InChI is InChI=1S/C33H40BrN3O7/c1-20-10-8-9-13-28(39)35-22(3)32(42)37(4)26(19-23-16-17-27(38)25(34)18-23)31(41)36-29(33(43)44-21(2)15-14-20)30(40)24-11-6-5-7-12-24/h5-7,10-12,16-18,21-22,26,29,38H,8-9,13-15,19H2,1-4H3,(H,35,39)(H,36,41)/b20-10+/t21-,22+,26-,29?/m1/s1. The van der Waals surface area contributed by atoms with Crippen molar-refractivity contribution in [2.45, 2.75) is 83.5 Å². The predicted octanol–water partition coefficient (Wildman–Crippen LogP) is 4.24. The number of phenolic OH excluding ortho intramolecular Hbond substituents is 1. The minimum absolute atomic E-state index is 0.00439. The smallest absolute Gasteiger partial charge is 0.337 e. The van der Waals surface area contributed by atoms with E-state index in [0.717, 1.165) is 5.57 Å². The lowest BCUT2D eigenvalue weighted by Crippen LogP contribution is -2.58. The first-order chi connectivity index (χ1) is 20.9. The molecule has 0 aliphatic carbocycles. The summed E-state index contributed by atoms with van der Waals surface area (Å²) in [7, 11) is 1.43. The summed E-state index contributed by atoms with van der Waals surface area (Å²) in [4.78, 5) is 68.2. The fraction of sp³-hybridized carbons (Fsp3) is 0.424. The first-order valence-electron chi connectivity index (χ1n) is 14.7. The zero-order chi connectivity index (χ0) is 32.4. The Morgan fingerprint density at radius 2 is 1.75 bits per heavy atom. The minimum atomic E-state index is -1.67. The van der Waals surface area contributed by atoms with Gasteiger partial charge in [-0.25, -0.2) is 4.79 Å². The second kappa shape index (κ2) is 16.2. The summed E-state index contributed by atoms with van der Waals surface area (Å²) < 4.78 is 6.05. The molecule has 1 aliphatic heterocycles. The quantitative estimate of drug-likeness (QED) is 0.191. The van der Waals surface area contributed by atoms with Gasteiger partial charge in [-0.05, 0) is 80.1 Å². The van der Waals surface area contributed by atoms with Crippen molar-refractivity contribution >= 4 is 45.4 Å². The number of nitrogens with one attached hydrogen (secondary N) is 2. The summed E-state index contributed by atoms with van der Waals surface area (Å²) in [5.74, 6) is -3.15. The summed E-state index contributed by atoms with van der Waals surface area (Å²) in [6.07, 6.45) is 4.11. The van der Waals surface area contributed by atoms with Gasteiger partial charge in [-0.15, -0.1) is 0 Å². The van der Waals surface area contributed by atoms with Crippen LogP contribution in [-0.4, -0.2) is 70.8 Å². The molecule has 1 heterocycles. The number of hydrogen-bond acceptors (Lipinski definition) is 7. The number of phenols is 1. The summed E-state index contributed by atoms with van der Waals surface area (Å²) >= 11 is 3.27. The summed E-state index contributed by atoms with van der Waals surface area (Å²) in [5, 5.41) is 15.2. The number of nitrogens with zero attached hydrogens (tertiary/aromatic N) is 1. The van der Waals surface area contributed by atoms with Crippen molar-refractivity contribution in [3.63, 3.8) is 0 Å². The van der Waals surface area contributed by atoms with Gasteiger partial charge in [-0.3, -0.25) is 19.2 Å². The van der Waals surface area contributed by atoms with Crippen LogP contribution in [0.3, 0.4) is 0 Å². The van der Waals surface area contributed by atoms with Gasteiger partial charge in [0.1, 0.15) is 17.8 Å². The van der Waals surface area contributed by atoms with Gasteiger partial charge in [-0.2, -0.15) is 0 Å². The van der Waals surface area contributed by atoms with Crippen LogP contribution in [0, 0.1) is 0 Å². The molecule has 4 atom stereocenters. The molecule has 0 saturated carbocycles. The normalized spacial score (nSPS) is 24.5. The van der Waals surface area contributed by atoms with Crippen molar-refractivity contribution in [2.24, 2.45) is 0 Å². The van der Waals surface area contributed by atoms with Gasteiger partial charge in [0.05, 0.1) is 10.6 Å². The molecule has 11 heteroatoms. The molecule has 0 spiro atoms. The highest BCUT2D eigenvalue weighted by atomic mass is 79.9. The fourth-order valence-electron chi connectivity index (χ4n) is 4.85. The maximum atomic E-state index is 13.9. The third-order valence-corrected chi connectivity index (χ3v) is 8.15. The van der Waals surface area contributed by atoms with Gasteiger partial charge in [0.15, 0.2) is 11.8 Å². The van der Waals surface area contributed by atoms with E-state index in [1.165, 1.54) is 24.9 Å². The molecule has 3 amide bonds. The van der Waals surface area contributed by atoms with Crippen molar-refractivity contribution < 1.29 is 33.8 Å². The Morgan fingerprint density at radius 3 is 2.43 bits per heavy atom. The van der Waals surface area contributed by atoms with Crippen LogP contribution < -0.4 is 10.6 Å².